The van der Waals surface area contributed by atoms with Crippen LogP contribution >= 0.6 is 8.81 Å². The zero-order chi connectivity index (χ0) is 12.9. The average molecular weight is 260 g/mol. The first kappa shape index (κ1) is 16.9. The van der Waals surface area contributed by atoms with Crippen LogP contribution in [0.15, 0.2) is 0 Å². The molecule has 0 saturated carbocycles. The van der Waals surface area contributed by atoms with Gasteiger partial charge in [-0.1, -0.05) is 59.3 Å². The summed E-state index contributed by atoms with van der Waals surface area (Å²) in [7, 11) is 0.375. The maximum atomic E-state index is 11.2. The van der Waals surface area contributed by atoms with Crippen LogP contribution in [0.2, 0.25) is 0 Å². The molecule has 0 aliphatic carbocycles. The number of rotatable bonds is 11. The Labute approximate surface area is 109 Å². The zero-order valence-corrected chi connectivity index (χ0v) is 12.8. The average Bonchev–Trinajstić information content (AvgIpc) is 2.26. The Balaban J connectivity index is 3.10. The quantitative estimate of drug-likeness (QED) is 0.389. The fourth-order valence-corrected chi connectivity index (χ4v) is 2.40. The lowest BCUT2D eigenvalue weighted by atomic mass is 10.1. The van der Waals surface area contributed by atoms with Gasteiger partial charge in [-0.2, -0.15) is 0 Å². The lowest BCUT2D eigenvalue weighted by Crippen LogP contribution is -2.02. The highest BCUT2D eigenvalue weighted by molar-refractivity contribution is 7.32. The maximum Gasteiger partial charge on any atom is 0.308 e. The molecule has 0 spiro atoms. The molecule has 1 atom stereocenters. The molecule has 0 rings (SSSR count). The molecule has 17 heavy (non-hydrogen) atoms. The Hall–Kier alpha value is -0.100. The number of carbonyl (C=O) groups excluding carboxylic acids is 1. The normalized spacial score (nSPS) is 11.5. The van der Waals surface area contributed by atoms with Crippen molar-refractivity contribution in [3.05, 3.63) is 0 Å². The smallest absolute Gasteiger partial charge is 0.308 e. The number of carbonyl (C=O) groups is 1. The van der Waals surface area contributed by atoms with Crippen LogP contribution in [-0.4, -0.2) is 12.1 Å². The highest BCUT2D eigenvalue weighted by atomic mass is 31.1. The molecule has 0 bridgehead atoms. The van der Waals surface area contributed by atoms with Gasteiger partial charge in [0.25, 0.3) is 0 Å². The van der Waals surface area contributed by atoms with E-state index in [1.54, 1.807) is 0 Å². The summed E-state index contributed by atoms with van der Waals surface area (Å²) in [6, 6.07) is 0. The van der Waals surface area contributed by atoms with Crippen molar-refractivity contribution in [2.24, 2.45) is 5.92 Å². The zero-order valence-electron chi connectivity index (χ0n) is 11.8. The van der Waals surface area contributed by atoms with Crippen LogP contribution in [-0.2, 0) is 9.32 Å². The minimum atomic E-state index is -0.0266. The summed E-state index contributed by atoms with van der Waals surface area (Å²) in [5, 5.41) is 0. The predicted molar refractivity (Wildman–Crippen MR) is 76.7 cm³/mol. The topological polar surface area (TPSA) is 26.3 Å². The van der Waals surface area contributed by atoms with Crippen molar-refractivity contribution in [2.75, 3.05) is 6.16 Å². The van der Waals surface area contributed by atoms with Crippen molar-refractivity contribution < 1.29 is 9.32 Å². The lowest BCUT2D eigenvalue weighted by Gasteiger charge is -2.06. The maximum absolute atomic E-state index is 11.2. The third-order valence-corrected chi connectivity index (χ3v) is 3.57. The first-order valence-corrected chi connectivity index (χ1v) is 8.20. The number of hydrogen-bond donors (Lipinski definition) is 0. The lowest BCUT2D eigenvalue weighted by molar-refractivity contribution is -0.134. The third kappa shape index (κ3) is 13.8. The van der Waals surface area contributed by atoms with Gasteiger partial charge in [0, 0.05) is 12.6 Å². The molecule has 2 nitrogen and oxygen atoms in total. The molecule has 0 heterocycles. The molecule has 0 aliphatic rings. The van der Waals surface area contributed by atoms with Crippen molar-refractivity contribution >= 4 is 14.8 Å². The Kier molecular flexibility index (Phi) is 12.3. The van der Waals surface area contributed by atoms with Gasteiger partial charge < -0.3 is 4.52 Å². The van der Waals surface area contributed by atoms with Crippen LogP contribution in [0.5, 0.6) is 0 Å². The summed E-state index contributed by atoms with van der Waals surface area (Å²) < 4.78 is 5.19. The van der Waals surface area contributed by atoms with Crippen molar-refractivity contribution in [1.82, 2.24) is 0 Å². The van der Waals surface area contributed by atoms with Crippen molar-refractivity contribution in [3.63, 3.8) is 0 Å². The van der Waals surface area contributed by atoms with Gasteiger partial charge in [-0.25, -0.2) is 0 Å². The van der Waals surface area contributed by atoms with Crippen LogP contribution in [0.25, 0.3) is 0 Å². The van der Waals surface area contributed by atoms with E-state index in [0.29, 0.717) is 21.1 Å². The summed E-state index contributed by atoms with van der Waals surface area (Å²) >= 11 is 0. The van der Waals surface area contributed by atoms with Gasteiger partial charge in [0.2, 0.25) is 0 Å². The largest absolute Gasteiger partial charge is 0.448 e. The van der Waals surface area contributed by atoms with E-state index in [0.717, 1.165) is 6.16 Å². The molecular weight excluding hydrogens is 231 g/mol. The fraction of sp³-hybridized carbons (Fsp3) is 0.929. The third-order valence-electron chi connectivity index (χ3n) is 2.64. The molecule has 1 unspecified atom stereocenters. The molecule has 0 N–H and O–H groups in total. The second-order valence-corrected chi connectivity index (χ2v) is 6.08. The molecule has 0 radical (unpaired) electrons. The summed E-state index contributed by atoms with van der Waals surface area (Å²) in [5.41, 5.74) is 0. The monoisotopic (exact) mass is 260 g/mol. The van der Waals surface area contributed by atoms with Gasteiger partial charge >= 0.3 is 5.97 Å². The van der Waals surface area contributed by atoms with Crippen LogP contribution in [0.4, 0.5) is 0 Å². The minimum absolute atomic E-state index is 0.0266. The summed E-state index contributed by atoms with van der Waals surface area (Å²) in [4.78, 5) is 11.2. The van der Waals surface area contributed by atoms with Crippen molar-refractivity contribution in [2.45, 2.75) is 72.1 Å². The van der Waals surface area contributed by atoms with E-state index < -0.39 is 0 Å². The molecule has 0 amide bonds. The van der Waals surface area contributed by atoms with Gasteiger partial charge in [0.15, 0.2) is 0 Å². The summed E-state index contributed by atoms with van der Waals surface area (Å²) in [6.07, 6.45) is 10.9. The molecule has 0 aliphatic heterocycles. The summed E-state index contributed by atoms with van der Waals surface area (Å²) in [6.45, 7) is 6.33. The first-order valence-electron chi connectivity index (χ1n) is 7.09. The van der Waals surface area contributed by atoms with E-state index in [4.69, 9.17) is 4.52 Å². The molecule has 0 fully saturated rings. The van der Waals surface area contributed by atoms with Crippen molar-refractivity contribution in [3.8, 4) is 0 Å². The second kappa shape index (κ2) is 12.4. The Morgan fingerprint density at radius 3 is 2.24 bits per heavy atom. The van der Waals surface area contributed by atoms with E-state index in [1.165, 1.54) is 44.9 Å². The van der Waals surface area contributed by atoms with Crippen LogP contribution in [0.1, 0.15) is 72.1 Å². The van der Waals surface area contributed by atoms with E-state index in [2.05, 4.69) is 6.92 Å². The summed E-state index contributed by atoms with van der Waals surface area (Å²) in [5.74, 6) is 0.382. The number of unbranched alkanes of at least 4 members (excludes halogenated alkanes) is 6. The predicted octanol–water partition coefficient (Wildman–Crippen LogP) is 4.92. The van der Waals surface area contributed by atoms with Gasteiger partial charge in [0.05, 0.1) is 8.81 Å². The standard InChI is InChI=1S/C14H29O2P/c1-4-5-6-7-8-9-10-11-17-16-14(15)12-13(2)3/h13,17H,4-12H2,1-3H3. The first-order chi connectivity index (χ1) is 8.16. The highest BCUT2D eigenvalue weighted by Gasteiger charge is 2.05. The molecule has 102 valence electrons. The van der Waals surface area contributed by atoms with Crippen LogP contribution < -0.4 is 0 Å². The van der Waals surface area contributed by atoms with E-state index >= 15 is 0 Å². The van der Waals surface area contributed by atoms with Gasteiger partial charge in [0.1, 0.15) is 0 Å². The van der Waals surface area contributed by atoms with Crippen LogP contribution in [0.3, 0.4) is 0 Å². The van der Waals surface area contributed by atoms with E-state index in [1.807, 2.05) is 13.8 Å². The molecular formula is C14H29O2P. The second-order valence-electron chi connectivity index (χ2n) is 5.09. The highest BCUT2D eigenvalue weighted by Crippen LogP contribution is 2.18. The molecule has 0 aromatic carbocycles. The van der Waals surface area contributed by atoms with Crippen LogP contribution in [0, 0.1) is 5.92 Å². The molecule has 0 aromatic heterocycles. The van der Waals surface area contributed by atoms with Gasteiger partial charge in [-0.05, 0) is 12.3 Å². The SMILES string of the molecule is CCCCCCCCCPOC(=O)CC(C)C. The van der Waals surface area contributed by atoms with Crippen molar-refractivity contribution in [1.29, 1.82) is 0 Å². The molecule has 0 aromatic rings. The Morgan fingerprint density at radius 2 is 1.65 bits per heavy atom. The minimum Gasteiger partial charge on any atom is -0.448 e. The van der Waals surface area contributed by atoms with Gasteiger partial charge in [-0.3, -0.25) is 4.79 Å². The fourth-order valence-electron chi connectivity index (χ4n) is 1.66. The molecule has 0 saturated heterocycles. The van der Waals surface area contributed by atoms with Gasteiger partial charge in [-0.15, -0.1) is 0 Å². The molecule has 3 heteroatoms. The Bertz CT molecular complexity index is 181. The Morgan fingerprint density at radius 1 is 1.06 bits per heavy atom. The van der Waals surface area contributed by atoms with E-state index in [-0.39, 0.29) is 5.97 Å². The number of hydrogen-bond acceptors (Lipinski definition) is 2. The van der Waals surface area contributed by atoms with E-state index in [9.17, 15) is 4.79 Å².